The fourth-order valence-electron chi connectivity index (χ4n) is 1.70. The Morgan fingerprint density at radius 1 is 0.909 bits per heavy atom. The van der Waals surface area contributed by atoms with Crippen molar-refractivity contribution in [1.29, 1.82) is 0 Å². The molecule has 0 aliphatic carbocycles. The molecule has 22 heavy (non-hydrogen) atoms. The highest BCUT2D eigenvalue weighted by Crippen LogP contribution is 2.13. The van der Waals surface area contributed by atoms with Gasteiger partial charge in [-0.15, -0.1) is 0 Å². The molecule has 0 amide bonds. The molecular formula is C19H17BrO2. The zero-order chi connectivity index (χ0) is 16.2. The fraction of sp³-hybridized carbons (Fsp3) is 0.211. The topological polar surface area (TPSA) is 26.3 Å². The van der Waals surface area contributed by atoms with Crippen molar-refractivity contribution in [2.45, 2.75) is 26.4 Å². The van der Waals surface area contributed by atoms with Gasteiger partial charge in [-0.2, -0.15) is 0 Å². The normalized spacial score (nSPS) is 10.5. The van der Waals surface area contributed by atoms with E-state index in [9.17, 15) is 4.79 Å². The minimum absolute atomic E-state index is 0.320. The molecule has 2 nitrogen and oxygen atoms in total. The lowest BCUT2D eigenvalue weighted by atomic mass is 10.1. The van der Waals surface area contributed by atoms with Crippen molar-refractivity contribution >= 4 is 21.9 Å². The molecule has 0 atom stereocenters. The SMILES string of the molecule is CC(C)(C)OC(=O)c1ccc(C#Cc2ccc(Br)cc2)cc1. The Morgan fingerprint density at radius 3 is 1.82 bits per heavy atom. The molecule has 0 bridgehead atoms. The molecule has 2 rings (SSSR count). The summed E-state index contributed by atoms with van der Waals surface area (Å²) in [6, 6.07) is 14.9. The van der Waals surface area contributed by atoms with E-state index in [2.05, 4.69) is 27.8 Å². The summed E-state index contributed by atoms with van der Waals surface area (Å²) >= 11 is 3.39. The van der Waals surface area contributed by atoms with E-state index in [-0.39, 0.29) is 5.97 Å². The molecule has 0 aromatic heterocycles. The number of hydrogen-bond donors (Lipinski definition) is 0. The third-order valence-corrected chi connectivity index (χ3v) is 3.24. The first-order chi connectivity index (χ1) is 10.3. The maximum Gasteiger partial charge on any atom is 0.338 e. The Morgan fingerprint density at radius 2 is 1.36 bits per heavy atom. The third kappa shape index (κ3) is 5.05. The van der Waals surface area contributed by atoms with Gasteiger partial charge in [-0.3, -0.25) is 0 Å². The first kappa shape index (κ1) is 16.3. The monoisotopic (exact) mass is 356 g/mol. The van der Waals surface area contributed by atoms with Crippen molar-refractivity contribution in [3.8, 4) is 11.8 Å². The zero-order valence-electron chi connectivity index (χ0n) is 12.8. The van der Waals surface area contributed by atoms with Crippen molar-refractivity contribution in [2.24, 2.45) is 0 Å². The van der Waals surface area contributed by atoms with E-state index in [0.717, 1.165) is 15.6 Å². The van der Waals surface area contributed by atoms with Crippen LogP contribution in [0.5, 0.6) is 0 Å². The maximum atomic E-state index is 11.9. The molecular weight excluding hydrogens is 340 g/mol. The van der Waals surface area contributed by atoms with Gasteiger partial charge in [0.2, 0.25) is 0 Å². The van der Waals surface area contributed by atoms with Gasteiger partial charge in [0.1, 0.15) is 5.60 Å². The number of esters is 1. The fourth-order valence-corrected chi connectivity index (χ4v) is 1.97. The summed E-state index contributed by atoms with van der Waals surface area (Å²) in [7, 11) is 0. The summed E-state index contributed by atoms with van der Waals surface area (Å²) in [4.78, 5) is 11.9. The predicted molar refractivity (Wildman–Crippen MR) is 91.7 cm³/mol. The summed E-state index contributed by atoms with van der Waals surface area (Å²) < 4.78 is 6.35. The second-order valence-electron chi connectivity index (χ2n) is 5.84. The van der Waals surface area contributed by atoms with Gasteiger partial charge < -0.3 is 4.74 Å². The van der Waals surface area contributed by atoms with E-state index in [0.29, 0.717) is 5.56 Å². The Labute approximate surface area is 139 Å². The molecule has 112 valence electrons. The molecule has 0 spiro atoms. The van der Waals surface area contributed by atoms with Crippen LogP contribution in [0.1, 0.15) is 42.3 Å². The lowest BCUT2D eigenvalue weighted by Crippen LogP contribution is -2.23. The van der Waals surface area contributed by atoms with Gasteiger partial charge in [-0.05, 0) is 69.3 Å². The number of benzene rings is 2. The molecule has 0 N–H and O–H groups in total. The molecule has 0 aliphatic rings. The highest BCUT2D eigenvalue weighted by molar-refractivity contribution is 9.10. The van der Waals surface area contributed by atoms with Crippen LogP contribution < -0.4 is 0 Å². The second kappa shape index (κ2) is 6.81. The molecule has 0 aliphatic heterocycles. The lowest BCUT2D eigenvalue weighted by molar-refractivity contribution is 0.00695. The number of carbonyl (C=O) groups is 1. The van der Waals surface area contributed by atoms with Crippen LogP contribution in [-0.2, 0) is 4.74 Å². The van der Waals surface area contributed by atoms with Gasteiger partial charge in [-0.1, -0.05) is 27.8 Å². The van der Waals surface area contributed by atoms with Gasteiger partial charge in [0.25, 0.3) is 0 Å². The molecule has 0 radical (unpaired) electrons. The van der Waals surface area contributed by atoms with Crippen LogP contribution in [0.3, 0.4) is 0 Å². The van der Waals surface area contributed by atoms with Crippen molar-refractivity contribution in [3.63, 3.8) is 0 Å². The molecule has 0 fully saturated rings. The highest BCUT2D eigenvalue weighted by Gasteiger charge is 2.17. The maximum absolute atomic E-state index is 11.9. The predicted octanol–water partition coefficient (Wildman–Crippen LogP) is 4.80. The summed E-state index contributed by atoms with van der Waals surface area (Å²) in [5.41, 5.74) is 1.84. The highest BCUT2D eigenvalue weighted by atomic mass is 79.9. The first-order valence-electron chi connectivity index (χ1n) is 6.94. The van der Waals surface area contributed by atoms with E-state index in [1.165, 1.54) is 0 Å². The van der Waals surface area contributed by atoms with Gasteiger partial charge in [-0.25, -0.2) is 4.79 Å². The number of carbonyl (C=O) groups excluding carboxylic acids is 1. The third-order valence-electron chi connectivity index (χ3n) is 2.71. The first-order valence-corrected chi connectivity index (χ1v) is 7.74. The van der Waals surface area contributed by atoms with Crippen LogP contribution in [0, 0.1) is 11.8 Å². The Bertz CT molecular complexity index is 711. The van der Waals surface area contributed by atoms with Crippen molar-refractivity contribution in [3.05, 3.63) is 69.7 Å². The van der Waals surface area contributed by atoms with Crippen LogP contribution in [-0.4, -0.2) is 11.6 Å². The van der Waals surface area contributed by atoms with Gasteiger partial charge in [0, 0.05) is 15.6 Å². The quantitative estimate of drug-likeness (QED) is 0.541. The van der Waals surface area contributed by atoms with E-state index in [1.54, 1.807) is 12.1 Å². The van der Waals surface area contributed by atoms with Crippen LogP contribution >= 0.6 is 15.9 Å². The minimum Gasteiger partial charge on any atom is -0.456 e. The Balaban J connectivity index is 2.10. The summed E-state index contributed by atoms with van der Waals surface area (Å²) in [5, 5.41) is 0. The van der Waals surface area contributed by atoms with Crippen LogP contribution in [0.2, 0.25) is 0 Å². The molecule has 0 saturated heterocycles. The second-order valence-corrected chi connectivity index (χ2v) is 6.75. The molecule has 0 saturated carbocycles. The molecule has 3 heteroatoms. The number of ether oxygens (including phenoxy) is 1. The molecule has 0 heterocycles. The van der Waals surface area contributed by atoms with E-state index in [4.69, 9.17) is 4.74 Å². The van der Waals surface area contributed by atoms with Crippen LogP contribution in [0.4, 0.5) is 0 Å². The molecule has 2 aromatic carbocycles. The minimum atomic E-state index is -0.489. The lowest BCUT2D eigenvalue weighted by Gasteiger charge is -2.19. The Kier molecular flexibility index (Phi) is 5.05. The van der Waals surface area contributed by atoms with E-state index >= 15 is 0 Å². The molecule has 2 aromatic rings. The molecule has 0 unspecified atom stereocenters. The number of hydrogen-bond acceptors (Lipinski definition) is 2. The number of rotatable bonds is 1. The van der Waals surface area contributed by atoms with Crippen LogP contribution in [0.25, 0.3) is 0 Å². The zero-order valence-corrected chi connectivity index (χ0v) is 14.4. The van der Waals surface area contributed by atoms with Crippen molar-refractivity contribution in [2.75, 3.05) is 0 Å². The summed E-state index contributed by atoms with van der Waals surface area (Å²) in [6.45, 7) is 5.55. The van der Waals surface area contributed by atoms with Crippen molar-refractivity contribution < 1.29 is 9.53 Å². The van der Waals surface area contributed by atoms with Crippen molar-refractivity contribution in [1.82, 2.24) is 0 Å². The average Bonchev–Trinajstić information content (AvgIpc) is 2.45. The van der Waals surface area contributed by atoms with Crippen LogP contribution in [0.15, 0.2) is 53.0 Å². The average molecular weight is 357 g/mol. The van der Waals surface area contributed by atoms with Gasteiger partial charge in [0.15, 0.2) is 0 Å². The van der Waals surface area contributed by atoms with E-state index in [1.807, 2.05) is 57.2 Å². The van der Waals surface area contributed by atoms with Gasteiger partial charge in [0.05, 0.1) is 5.56 Å². The Hall–Kier alpha value is -2.05. The number of halogens is 1. The standard InChI is InChI=1S/C19H17BrO2/c1-19(2,3)22-18(21)16-10-6-14(7-11-16)4-5-15-8-12-17(20)13-9-15/h6-13H,1-3H3. The van der Waals surface area contributed by atoms with E-state index < -0.39 is 5.60 Å². The largest absolute Gasteiger partial charge is 0.456 e. The smallest absolute Gasteiger partial charge is 0.338 e. The summed E-state index contributed by atoms with van der Waals surface area (Å²) in [5.74, 6) is 5.85. The summed E-state index contributed by atoms with van der Waals surface area (Å²) in [6.07, 6.45) is 0. The van der Waals surface area contributed by atoms with Gasteiger partial charge >= 0.3 is 5.97 Å².